The Morgan fingerprint density at radius 3 is 2.75 bits per heavy atom. The normalized spacial score (nSPS) is 17.2. The summed E-state index contributed by atoms with van der Waals surface area (Å²) in [6.07, 6.45) is 2.44. The first-order chi connectivity index (χ1) is 13.8. The molecule has 1 aliphatic rings. The molecule has 0 saturated carbocycles. The molecule has 0 aliphatic carbocycles. The minimum absolute atomic E-state index is 0.0538. The van der Waals surface area contributed by atoms with E-state index in [1.54, 1.807) is 7.11 Å². The molecule has 28 heavy (non-hydrogen) atoms. The Hall–Kier alpha value is -2.63. The molecule has 0 bridgehead atoms. The van der Waals surface area contributed by atoms with Gasteiger partial charge >= 0.3 is 0 Å². The fourth-order valence-corrected chi connectivity index (χ4v) is 3.86. The van der Waals surface area contributed by atoms with Gasteiger partial charge < -0.3 is 18.9 Å². The first kappa shape index (κ1) is 18.7. The van der Waals surface area contributed by atoms with E-state index in [1.807, 2.05) is 35.2 Å². The molecule has 146 valence electrons. The number of carbonyl (C=O) groups is 1. The molecule has 5 heteroatoms. The summed E-state index contributed by atoms with van der Waals surface area (Å²) in [5, 5.41) is 1.14. The maximum Gasteiger partial charge on any atom is 0.227 e. The van der Waals surface area contributed by atoms with E-state index in [4.69, 9.17) is 9.47 Å². The lowest BCUT2D eigenvalue weighted by molar-refractivity contribution is -0.138. The van der Waals surface area contributed by atoms with Gasteiger partial charge in [0, 0.05) is 37.3 Å². The first-order valence-electron chi connectivity index (χ1n) is 9.76. The van der Waals surface area contributed by atoms with Crippen molar-refractivity contribution in [1.82, 2.24) is 9.47 Å². The van der Waals surface area contributed by atoms with Crippen molar-refractivity contribution in [3.05, 3.63) is 71.9 Å². The van der Waals surface area contributed by atoms with E-state index in [0.29, 0.717) is 32.7 Å². The maximum atomic E-state index is 13.0. The second-order valence-corrected chi connectivity index (χ2v) is 7.14. The zero-order chi connectivity index (χ0) is 19.3. The molecule has 1 atom stereocenters. The van der Waals surface area contributed by atoms with Crippen LogP contribution in [0.25, 0.3) is 10.9 Å². The molecule has 4 rings (SSSR count). The molecule has 0 spiro atoms. The predicted molar refractivity (Wildman–Crippen MR) is 109 cm³/mol. The molecular formula is C23H26N2O3. The molecule has 3 aromatic rings. The van der Waals surface area contributed by atoms with Crippen LogP contribution in [-0.4, -0.2) is 48.8 Å². The Balaban J connectivity index is 1.50. The molecule has 0 radical (unpaired) electrons. The number of fused-ring (bicyclic) bond motifs is 1. The summed E-state index contributed by atoms with van der Waals surface area (Å²) < 4.78 is 13.3. The molecular weight excluding hydrogens is 352 g/mol. The highest BCUT2D eigenvalue weighted by atomic mass is 16.5. The van der Waals surface area contributed by atoms with E-state index < -0.39 is 0 Å². The van der Waals surface area contributed by atoms with Crippen molar-refractivity contribution in [3.8, 4) is 0 Å². The second kappa shape index (κ2) is 8.59. The minimum atomic E-state index is -0.0538. The van der Waals surface area contributed by atoms with Gasteiger partial charge in [-0.25, -0.2) is 0 Å². The number of rotatable bonds is 6. The van der Waals surface area contributed by atoms with Gasteiger partial charge in [-0.1, -0.05) is 48.5 Å². The second-order valence-electron chi connectivity index (χ2n) is 7.14. The molecule has 5 nitrogen and oxygen atoms in total. The number of carbonyl (C=O) groups excluding carboxylic acids is 1. The smallest absolute Gasteiger partial charge is 0.227 e. The van der Waals surface area contributed by atoms with E-state index in [0.717, 1.165) is 28.6 Å². The van der Waals surface area contributed by atoms with Crippen LogP contribution in [0.2, 0.25) is 0 Å². The summed E-state index contributed by atoms with van der Waals surface area (Å²) in [5.41, 5.74) is 3.34. The van der Waals surface area contributed by atoms with Gasteiger partial charge in [0.25, 0.3) is 0 Å². The first-order valence-corrected chi connectivity index (χ1v) is 9.76. The van der Waals surface area contributed by atoms with E-state index in [1.165, 1.54) is 0 Å². The van der Waals surface area contributed by atoms with E-state index in [9.17, 15) is 4.79 Å². The van der Waals surface area contributed by atoms with Crippen molar-refractivity contribution in [2.75, 3.05) is 33.4 Å². The highest BCUT2D eigenvalue weighted by molar-refractivity contribution is 5.89. The number of hydrogen-bond donors (Lipinski definition) is 0. The van der Waals surface area contributed by atoms with Gasteiger partial charge in [-0.15, -0.1) is 0 Å². The average Bonchev–Trinajstić information content (AvgIpc) is 3.10. The molecule has 0 unspecified atom stereocenters. The van der Waals surface area contributed by atoms with Gasteiger partial charge in [-0.2, -0.15) is 0 Å². The highest BCUT2D eigenvalue weighted by Gasteiger charge is 2.26. The van der Waals surface area contributed by atoms with E-state index in [-0.39, 0.29) is 12.0 Å². The number of morpholine rings is 1. The average molecular weight is 378 g/mol. The third-order valence-electron chi connectivity index (χ3n) is 5.34. The molecule has 2 aromatic carbocycles. The predicted octanol–water partition coefficient (Wildman–Crippen LogP) is 3.43. The fraction of sp³-hybridized carbons (Fsp3) is 0.348. The monoisotopic (exact) mass is 378 g/mol. The number of methoxy groups -OCH3 is 1. The Morgan fingerprint density at radius 1 is 1.14 bits per heavy atom. The van der Waals surface area contributed by atoms with Gasteiger partial charge in [0.1, 0.15) is 6.10 Å². The lowest BCUT2D eigenvalue weighted by Crippen LogP contribution is -2.42. The Morgan fingerprint density at radius 2 is 1.93 bits per heavy atom. The maximum absolute atomic E-state index is 13.0. The van der Waals surface area contributed by atoms with Crippen molar-refractivity contribution in [3.63, 3.8) is 0 Å². The largest absolute Gasteiger partial charge is 0.383 e. The van der Waals surface area contributed by atoms with Gasteiger partial charge in [0.05, 0.1) is 26.2 Å². The molecule has 1 aliphatic heterocycles. The van der Waals surface area contributed by atoms with Crippen LogP contribution in [0.15, 0.2) is 60.8 Å². The summed E-state index contributed by atoms with van der Waals surface area (Å²) in [4.78, 5) is 15.0. The SMILES string of the molecule is COCCn1cc(CC(=O)N2CCO[C@@H](c3ccccc3)C2)c2ccccc21. The van der Waals surface area contributed by atoms with Crippen LogP contribution in [-0.2, 0) is 27.2 Å². The van der Waals surface area contributed by atoms with Gasteiger partial charge in [-0.3, -0.25) is 4.79 Å². The number of amides is 1. The fourth-order valence-electron chi connectivity index (χ4n) is 3.86. The van der Waals surface area contributed by atoms with Crippen LogP contribution in [0.5, 0.6) is 0 Å². The van der Waals surface area contributed by atoms with E-state index >= 15 is 0 Å². The van der Waals surface area contributed by atoms with Crippen molar-refractivity contribution < 1.29 is 14.3 Å². The van der Waals surface area contributed by atoms with Crippen molar-refractivity contribution in [2.24, 2.45) is 0 Å². The van der Waals surface area contributed by atoms with Gasteiger partial charge in [0.15, 0.2) is 0 Å². The number of benzene rings is 2. The quantitative estimate of drug-likeness (QED) is 0.660. The zero-order valence-electron chi connectivity index (χ0n) is 16.2. The summed E-state index contributed by atoms with van der Waals surface area (Å²) in [7, 11) is 1.71. The van der Waals surface area contributed by atoms with Crippen LogP contribution in [0, 0.1) is 0 Å². The highest BCUT2D eigenvalue weighted by Crippen LogP contribution is 2.25. The number of ether oxygens (including phenoxy) is 2. The molecule has 1 aromatic heterocycles. The number of nitrogens with zero attached hydrogens (tertiary/aromatic N) is 2. The Bertz CT molecular complexity index is 935. The molecule has 0 N–H and O–H groups in total. The standard InChI is InChI=1S/C23H26N2O3/c1-27-13-11-24-16-19(20-9-5-6-10-21(20)24)15-23(26)25-12-14-28-22(17-25)18-7-3-2-4-8-18/h2-10,16,22H,11-15,17H2,1H3/t22-/m1/s1. The summed E-state index contributed by atoms with van der Waals surface area (Å²) in [6, 6.07) is 18.4. The Labute approximate surface area is 165 Å². The van der Waals surface area contributed by atoms with Crippen molar-refractivity contribution >= 4 is 16.8 Å². The van der Waals surface area contributed by atoms with Crippen LogP contribution in [0.4, 0.5) is 0 Å². The Kier molecular flexibility index (Phi) is 5.74. The summed E-state index contributed by atoms with van der Waals surface area (Å²) in [6.45, 7) is 3.24. The van der Waals surface area contributed by atoms with Gasteiger partial charge in [-0.05, 0) is 17.2 Å². The van der Waals surface area contributed by atoms with Crippen LogP contribution < -0.4 is 0 Å². The van der Waals surface area contributed by atoms with Crippen LogP contribution >= 0.6 is 0 Å². The van der Waals surface area contributed by atoms with Crippen molar-refractivity contribution in [1.29, 1.82) is 0 Å². The summed E-state index contributed by atoms with van der Waals surface area (Å²) in [5.74, 6) is 0.152. The molecule has 1 saturated heterocycles. The lowest BCUT2D eigenvalue weighted by atomic mass is 10.1. The number of para-hydroxylation sites is 1. The van der Waals surface area contributed by atoms with Crippen LogP contribution in [0.1, 0.15) is 17.2 Å². The van der Waals surface area contributed by atoms with Crippen LogP contribution in [0.3, 0.4) is 0 Å². The topological polar surface area (TPSA) is 43.7 Å². The number of aromatic nitrogens is 1. The minimum Gasteiger partial charge on any atom is -0.383 e. The summed E-state index contributed by atoms with van der Waals surface area (Å²) >= 11 is 0. The third kappa shape index (κ3) is 3.96. The zero-order valence-corrected chi connectivity index (χ0v) is 16.2. The third-order valence-corrected chi connectivity index (χ3v) is 5.34. The van der Waals surface area contributed by atoms with Gasteiger partial charge in [0.2, 0.25) is 5.91 Å². The van der Waals surface area contributed by atoms with E-state index in [2.05, 4.69) is 35.0 Å². The molecule has 1 fully saturated rings. The number of hydrogen-bond acceptors (Lipinski definition) is 3. The molecule has 2 heterocycles. The lowest BCUT2D eigenvalue weighted by Gasteiger charge is -2.33. The molecule has 1 amide bonds. The van der Waals surface area contributed by atoms with Crippen molar-refractivity contribution in [2.45, 2.75) is 19.1 Å².